The highest BCUT2D eigenvalue weighted by Gasteiger charge is 2.14. The van der Waals surface area contributed by atoms with Gasteiger partial charge >= 0.3 is 5.63 Å². The monoisotopic (exact) mass is 371 g/mol. The van der Waals surface area contributed by atoms with Crippen molar-refractivity contribution in [3.05, 3.63) is 69.6 Å². The first-order chi connectivity index (χ1) is 12.1. The van der Waals surface area contributed by atoms with Crippen molar-refractivity contribution < 1.29 is 17.6 Å². The number of anilines is 1. The van der Waals surface area contributed by atoms with Crippen molar-refractivity contribution in [3.8, 4) is 0 Å². The van der Waals surface area contributed by atoms with Gasteiger partial charge in [-0.3, -0.25) is 4.79 Å². The number of benzene rings is 2. The van der Waals surface area contributed by atoms with Crippen LogP contribution in [-0.4, -0.2) is 20.6 Å². The van der Waals surface area contributed by atoms with Gasteiger partial charge in [0.25, 0.3) is 5.91 Å². The molecule has 0 unspecified atom stereocenters. The highest BCUT2D eigenvalue weighted by molar-refractivity contribution is 7.90. The Morgan fingerprint density at radius 2 is 1.77 bits per heavy atom. The zero-order valence-corrected chi connectivity index (χ0v) is 15.3. The van der Waals surface area contributed by atoms with Crippen LogP contribution in [0, 0.1) is 13.8 Å². The van der Waals surface area contributed by atoms with Gasteiger partial charge in [0.05, 0.1) is 4.90 Å². The van der Waals surface area contributed by atoms with Gasteiger partial charge in [-0.25, -0.2) is 13.2 Å². The molecular weight excluding hydrogens is 354 g/mol. The molecule has 0 radical (unpaired) electrons. The first-order valence-corrected chi connectivity index (χ1v) is 9.71. The van der Waals surface area contributed by atoms with Crippen molar-refractivity contribution in [2.45, 2.75) is 18.7 Å². The van der Waals surface area contributed by atoms with E-state index in [1.165, 1.54) is 24.3 Å². The molecule has 0 aliphatic rings. The molecule has 3 aromatic rings. The molecule has 1 amide bonds. The predicted octanol–water partition coefficient (Wildman–Crippen LogP) is 3.07. The van der Waals surface area contributed by atoms with E-state index in [-0.39, 0.29) is 10.5 Å². The highest BCUT2D eigenvalue weighted by Crippen LogP contribution is 2.25. The number of rotatable bonds is 3. The number of hydrogen-bond acceptors (Lipinski definition) is 5. The molecule has 0 saturated carbocycles. The number of carbonyl (C=O) groups excluding carboxylic acids is 1. The van der Waals surface area contributed by atoms with E-state index in [9.17, 15) is 18.0 Å². The van der Waals surface area contributed by atoms with Crippen LogP contribution in [0.25, 0.3) is 11.0 Å². The third-order valence-electron chi connectivity index (χ3n) is 4.07. The van der Waals surface area contributed by atoms with Gasteiger partial charge in [-0.1, -0.05) is 6.07 Å². The van der Waals surface area contributed by atoms with E-state index in [4.69, 9.17) is 4.42 Å². The zero-order valence-electron chi connectivity index (χ0n) is 14.5. The average Bonchev–Trinajstić information content (AvgIpc) is 2.55. The van der Waals surface area contributed by atoms with E-state index in [2.05, 4.69) is 5.32 Å². The topological polar surface area (TPSA) is 93.4 Å². The fourth-order valence-corrected chi connectivity index (χ4v) is 3.33. The first kappa shape index (κ1) is 17.9. The predicted molar refractivity (Wildman–Crippen MR) is 99.5 cm³/mol. The van der Waals surface area contributed by atoms with E-state index in [1.807, 2.05) is 0 Å². The molecule has 1 aromatic heterocycles. The molecular formula is C19H17NO5S. The van der Waals surface area contributed by atoms with Gasteiger partial charge in [0.2, 0.25) is 0 Å². The summed E-state index contributed by atoms with van der Waals surface area (Å²) in [6, 6.07) is 10.7. The SMILES string of the molecule is Cc1cc2oc(=O)cc(C)c2cc1NC(=O)c1cccc(S(C)(=O)=O)c1. The third-order valence-corrected chi connectivity index (χ3v) is 5.18. The molecule has 1 N–H and O–H groups in total. The van der Waals surface area contributed by atoms with E-state index in [0.29, 0.717) is 11.3 Å². The Hall–Kier alpha value is -2.93. The highest BCUT2D eigenvalue weighted by atomic mass is 32.2. The largest absolute Gasteiger partial charge is 0.423 e. The standard InChI is InChI=1S/C19H17NO5S/c1-11-8-18(21)25-17-7-12(2)16(10-15(11)17)20-19(22)13-5-4-6-14(9-13)26(3,23)24/h4-10H,1-3H3,(H,20,22). The maximum Gasteiger partial charge on any atom is 0.336 e. The van der Waals surface area contributed by atoms with Crippen LogP contribution in [0.15, 0.2) is 56.6 Å². The van der Waals surface area contributed by atoms with Gasteiger partial charge in [-0.2, -0.15) is 0 Å². The summed E-state index contributed by atoms with van der Waals surface area (Å²) in [7, 11) is -3.40. The van der Waals surface area contributed by atoms with Gasteiger partial charge in [0.1, 0.15) is 5.58 Å². The molecule has 26 heavy (non-hydrogen) atoms. The number of aryl methyl sites for hydroxylation is 2. The maximum atomic E-state index is 12.5. The number of hydrogen-bond donors (Lipinski definition) is 1. The lowest BCUT2D eigenvalue weighted by Gasteiger charge is -2.11. The molecule has 0 spiro atoms. The molecule has 0 fully saturated rings. The van der Waals surface area contributed by atoms with Gasteiger partial charge in [0.15, 0.2) is 9.84 Å². The molecule has 2 aromatic carbocycles. The third kappa shape index (κ3) is 3.52. The molecule has 0 atom stereocenters. The number of sulfone groups is 1. The summed E-state index contributed by atoms with van der Waals surface area (Å²) in [6.45, 7) is 3.57. The molecule has 1 heterocycles. The van der Waals surface area contributed by atoms with E-state index in [1.54, 1.807) is 32.0 Å². The minimum Gasteiger partial charge on any atom is -0.423 e. The fraction of sp³-hybridized carbons (Fsp3) is 0.158. The Morgan fingerprint density at radius 1 is 1.04 bits per heavy atom. The lowest BCUT2D eigenvalue weighted by atomic mass is 10.1. The molecule has 7 heteroatoms. The minimum atomic E-state index is -3.40. The Morgan fingerprint density at radius 3 is 2.46 bits per heavy atom. The summed E-state index contributed by atoms with van der Waals surface area (Å²) >= 11 is 0. The summed E-state index contributed by atoms with van der Waals surface area (Å²) in [5, 5.41) is 3.50. The van der Waals surface area contributed by atoms with Crippen LogP contribution in [0.4, 0.5) is 5.69 Å². The van der Waals surface area contributed by atoms with Crippen LogP contribution in [0.3, 0.4) is 0 Å². The quantitative estimate of drug-likeness (QED) is 0.714. The Bertz CT molecular complexity index is 1190. The van der Waals surface area contributed by atoms with Crippen LogP contribution in [0.1, 0.15) is 21.5 Å². The van der Waals surface area contributed by atoms with E-state index >= 15 is 0 Å². The minimum absolute atomic E-state index is 0.0815. The molecule has 0 saturated heterocycles. The van der Waals surface area contributed by atoms with Gasteiger partial charge < -0.3 is 9.73 Å². The van der Waals surface area contributed by atoms with Crippen LogP contribution >= 0.6 is 0 Å². The van der Waals surface area contributed by atoms with Crippen molar-refractivity contribution >= 4 is 32.4 Å². The lowest BCUT2D eigenvalue weighted by Crippen LogP contribution is -2.13. The van der Waals surface area contributed by atoms with E-state index in [0.717, 1.165) is 22.8 Å². The van der Waals surface area contributed by atoms with Crippen molar-refractivity contribution in [1.29, 1.82) is 0 Å². The number of fused-ring (bicyclic) bond motifs is 1. The van der Waals surface area contributed by atoms with Crippen LogP contribution in [0.2, 0.25) is 0 Å². The van der Waals surface area contributed by atoms with Crippen LogP contribution in [-0.2, 0) is 9.84 Å². The molecule has 0 aliphatic carbocycles. The molecule has 134 valence electrons. The lowest BCUT2D eigenvalue weighted by molar-refractivity contribution is 0.102. The second-order valence-corrected chi connectivity index (χ2v) is 8.18. The smallest absolute Gasteiger partial charge is 0.336 e. The van der Waals surface area contributed by atoms with Crippen LogP contribution in [0.5, 0.6) is 0 Å². The zero-order chi connectivity index (χ0) is 19.1. The maximum absolute atomic E-state index is 12.5. The Labute approximate surface area is 150 Å². The van der Waals surface area contributed by atoms with Crippen molar-refractivity contribution in [2.24, 2.45) is 0 Å². The Balaban J connectivity index is 2.00. The fourth-order valence-electron chi connectivity index (χ4n) is 2.66. The molecule has 6 nitrogen and oxygen atoms in total. The normalized spacial score (nSPS) is 11.5. The Kier molecular flexibility index (Phi) is 4.41. The number of nitrogens with one attached hydrogen (secondary N) is 1. The molecule has 3 rings (SSSR count). The summed E-state index contributed by atoms with van der Waals surface area (Å²) in [5.41, 5.74) is 2.28. The van der Waals surface area contributed by atoms with Crippen molar-refractivity contribution in [1.82, 2.24) is 0 Å². The van der Waals surface area contributed by atoms with Gasteiger partial charge in [-0.15, -0.1) is 0 Å². The number of amides is 1. The second-order valence-electron chi connectivity index (χ2n) is 6.17. The van der Waals surface area contributed by atoms with Crippen molar-refractivity contribution in [3.63, 3.8) is 0 Å². The van der Waals surface area contributed by atoms with E-state index < -0.39 is 21.4 Å². The second kappa shape index (κ2) is 6.42. The average molecular weight is 371 g/mol. The summed E-state index contributed by atoms with van der Waals surface area (Å²) in [5.74, 6) is -0.423. The van der Waals surface area contributed by atoms with Crippen molar-refractivity contribution in [2.75, 3.05) is 11.6 Å². The molecule has 0 bridgehead atoms. The first-order valence-electron chi connectivity index (χ1n) is 7.82. The molecule has 0 aliphatic heterocycles. The van der Waals surface area contributed by atoms with Gasteiger partial charge in [-0.05, 0) is 55.3 Å². The van der Waals surface area contributed by atoms with Gasteiger partial charge in [0, 0.05) is 29.0 Å². The van der Waals surface area contributed by atoms with Crippen LogP contribution < -0.4 is 10.9 Å². The summed E-state index contributed by atoms with van der Waals surface area (Å²) in [6.07, 6.45) is 1.09. The number of carbonyl (C=O) groups is 1. The summed E-state index contributed by atoms with van der Waals surface area (Å²) in [4.78, 5) is 24.1. The summed E-state index contributed by atoms with van der Waals surface area (Å²) < 4.78 is 28.5.